The van der Waals surface area contributed by atoms with Crippen molar-refractivity contribution < 1.29 is 28.8 Å². The van der Waals surface area contributed by atoms with Gasteiger partial charge in [0.05, 0.1) is 24.2 Å². The Morgan fingerprint density at radius 3 is 1.69 bits per heavy atom. The number of aryl methyl sites for hydroxylation is 2. The van der Waals surface area contributed by atoms with Gasteiger partial charge in [-0.05, 0) is 122 Å². The number of likely N-dealkylation sites (tertiary alicyclic amines) is 1. The van der Waals surface area contributed by atoms with E-state index < -0.39 is 47.1 Å². The average molecular weight is 959 g/mol. The monoisotopic (exact) mass is 959 g/mol. The normalized spacial score (nSPS) is 22.8. The molecule has 4 aliphatic rings. The predicted octanol–water partition coefficient (Wildman–Crippen LogP) is 5.68. The fraction of sp³-hybridized carbons (Fsp3) is 0.571. The molecule has 9 atom stereocenters. The topological polar surface area (TPSA) is 181 Å². The van der Waals surface area contributed by atoms with Gasteiger partial charge in [-0.3, -0.25) is 28.8 Å². The fourth-order valence-electron chi connectivity index (χ4n) is 10.9. The van der Waals surface area contributed by atoms with Crippen LogP contribution in [0.1, 0.15) is 151 Å². The van der Waals surface area contributed by atoms with Gasteiger partial charge in [-0.2, -0.15) is 0 Å². The third-order valence-electron chi connectivity index (χ3n) is 15.2. The van der Waals surface area contributed by atoms with Crippen molar-refractivity contribution in [1.29, 1.82) is 0 Å². The number of carbonyl (C=O) groups is 6. The van der Waals surface area contributed by atoms with Crippen LogP contribution in [0.25, 0.3) is 0 Å². The van der Waals surface area contributed by atoms with Crippen LogP contribution in [0.15, 0.2) is 66.7 Å². The summed E-state index contributed by atoms with van der Waals surface area (Å²) in [5.74, 6) is -2.01. The van der Waals surface area contributed by atoms with Gasteiger partial charge in [-0.25, -0.2) is 0 Å². The highest BCUT2D eigenvalue weighted by molar-refractivity contribution is 5.95. The lowest BCUT2D eigenvalue weighted by atomic mass is 9.83. The highest BCUT2D eigenvalue weighted by Crippen LogP contribution is 2.39. The first-order valence-electron chi connectivity index (χ1n) is 25.7. The second-order valence-corrected chi connectivity index (χ2v) is 22.4. The molecular weight excluding hydrogens is 881 g/mol. The summed E-state index contributed by atoms with van der Waals surface area (Å²) < 4.78 is 0. The van der Waals surface area contributed by atoms with Gasteiger partial charge in [0.1, 0.15) is 24.2 Å². The second kappa shape index (κ2) is 21.8. The van der Waals surface area contributed by atoms with Crippen molar-refractivity contribution in [3.05, 3.63) is 106 Å². The Labute approximate surface area is 415 Å². The molecule has 0 spiro atoms. The minimum absolute atomic E-state index is 0.120. The van der Waals surface area contributed by atoms with Gasteiger partial charge in [-0.1, -0.05) is 115 Å². The Kier molecular flexibility index (Phi) is 16.3. The second-order valence-electron chi connectivity index (χ2n) is 22.4. The molecular formula is C56H78N8O6. The van der Waals surface area contributed by atoms with Crippen molar-refractivity contribution in [3.63, 3.8) is 0 Å². The number of amides is 6. The van der Waals surface area contributed by atoms with Gasteiger partial charge in [0, 0.05) is 25.4 Å². The molecule has 2 heterocycles. The maximum Gasteiger partial charge on any atom is 0.246 e. The molecule has 0 saturated carbocycles. The van der Waals surface area contributed by atoms with E-state index in [4.69, 9.17) is 0 Å². The lowest BCUT2D eigenvalue weighted by Crippen LogP contribution is -2.62. The van der Waals surface area contributed by atoms with Gasteiger partial charge in [0.15, 0.2) is 0 Å². The average Bonchev–Trinajstić information content (AvgIpc) is 3.79. The molecule has 14 heteroatoms. The van der Waals surface area contributed by atoms with Crippen LogP contribution in [0.3, 0.4) is 0 Å². The smallest absolute Gasteiger partial charge is 0.246 e. The van der Waals surface area contributed by atoms with Gasteiger partial charge >= 0.3 is 0 Å². The SMILES string of the molecule is CCN[C@@H](C)C(=O)N[C@H](C(=O)N1Cc2cc([C@H]3C[C@@H](C(=O)N[C@@H]4CCCc5ccccc54)N(C(=O)[C@@H](NC(=O)[C@H](C)NC)C(C)(C)C)C3)ccc2C[C@H]1C(=O)N[C@@H]1CCCc2ccccc21)C(C)(C)C. The Balaban J connectivity index is 1.22. The van der Waals surface area contributed by atoms with Crippen molar-refractivity contribution in [3.8, 4) is 0 Å². The number of likely N-dealkylation sites (N-methyl/N-ethyl adjacent to an activating group) is 2. The summed E-state index contributed by atoms with van der Waals surface area (Å²) in [6.07, 6.45) is 5.95. The number of rotatable bonds is 14. The summed E-state index contributed by atoms with van der Waals surface area (Å²) in [6.45, 7) is 17.9. The van der Waals surface area contributed by atoms with E-state index in [-0.39, 0.29) is 73.0 Å². The molecule has 0 aromatic heterocycles. The number of fused-ring (bicyclic) bond motifs is 3. The Morgan fingerprint density at radius 2 is 1.16 bits per heavy atom. The van der Waals surface area contributed by atoms with Crippen molar-refractivity contribution in [2.75, 3.05) is 20.1 Å². The molecule has 1 fully saturated rings. The molecule has 6 N–H and O–H groups in total. The molecule has 2 aliphatic carbocycles. The molecule has 0 unspecified atom stereocenters. The highest BCUT2D eigenvalue weighted by atomic mass is 16.2. The molecule has 3 aromatic rings. The summed E-state index contributed by atoms with van der Waals surface area (Å²) in [4.78, 5) is 89.8. The number of hydrogen-bond donors (Lipinski definition) is 6. The Bertz CT molecular complexity index is 2420. The lowest BCUT2D eigenvalue weighted by molar-refractivity contribution is -0.147. The van der Waals surface area contributed by atoms with E-state index in [9.17, 15) is 24.0 Å². The number of nitrogens with zero attached hydrogens (tertiary/aromatic N) is 2. The fourth-order valence-corrected chi connectivity index (χ4v) is 10.9. The molecule has 6 amide bonds. The number of hydrogen-bond acceptors (Lipinski definition) is 8. The maximum absolute atomic E-state index is 15.2. The van der Waals surface area contributed by atoms with Crippen molar-refractivity contribution in [2.45, 2.75) is 174 Å². The summed E-state index contributed by atoms with van der Waals surface area (Å²) in [5.41, 5.74) is 5.95. The van der Waals surface area contributed by atoms with Crippen molar-refractivity contribution >= 4 is 35.4 Å². The van der Waals surface area contributed by atoms with Crippen LogP contribution in [-0.4, -0.2) is 102 Å². The molecule has 0 bridgehead atoms. The van der Waals surface area contributed by atoms with E-state index in [0.29, 0.717) is 13.0 Å². The first-order chi connectivity index (χ1) is 33.2. The van der Waals surface area contributed by atoms with Crippen LogP contribution in [0, 0.1) is 10.8 Å². The Hall–Kier alpha value is -5.60. The molecule has 0 radical (unpaired) electrons. The molecule has 378 valence electrons. The first-order valence-corrected chi connectivity index (χ1v) is 25.7. The van der Waals surface area contributed by atoms with E-state index >= 15 is 4.79 Å². The van der Waals surface area contributed by atoms with E-state index in [1.807, 2.05) is 84.9 Å². The zero-order valence-corrected chi connectivity index (χ0v) is 43.2. The van der Waals surface area contributed by atoms with E-state index in [0.717, 1.165) is 66.3 Å². The summed E-state index contributed by atoms with van der Waals surface area (Å²) in [5, 5.41) is 18.9. The standard InChI is InChI=1S/C56H78N8O6/c1-11-58-34(3)50(66)62-48(56(7,8)9)54(70)63-31-39-28-37(26-27-38(39)29-45(63)51(67)59-43-24-16-20-35-18-12-14-22-41(35)43)40-30-46(52(68)60-44-25-17-21-36-19-13-15-23-42(36)44)64(32-40)53(69)47(55(4,5)6)61-49(65)33(2)57-10/h12-15,18-19,22-23,26-28,33-34,40,43-48,57-58H,11,16-17,20-21,24-25,29-32H2,1-10H3,(H,59,67)(H,60,68)(H,61,65)(H,62,66)/t33-,34-,40-,43+,44+,45-,46-,47+,48+/m0/s1. The molecule has 70 heavy (non-hydrogen) atoms. The van der Waals surface area contributed by atoms with Crippen LogP contribution < -0.4 is 31.9 Å². The summed E-state index contributed by atoms with van der Waals surface area (Å²) in [7, 11) is 1.69. The van der Waals surface area contributed by atoms with Crippen molar-refractivity contribution in [1.82, 2.24) is 41.7 Å². The van der Waals surface area contributed by atoms with Crippen LogP contribution >= 0.6 is 0 Å². The zero-order valence-electron chi connectivity index (χ0n) is 43.2. The van der Waals surface area contributed by atoms with Crippen LogP contribution in [0.5, 0.6) is 0 Å². The van der Waals surface area contributed by atoms with Gasteiger partial charge in [0.25, 0.3) is 0 Å². The van der Waals surface area contributed by atoms with E-state index in [1.54, 1.807) is 30.7 Å². The van der Waals surface area contributed by atoms with Crippen molar-refractivity contribution in [2.24, 2.45) is 10.8 Å². The van der Waals surface area contributed by atoms with Gasteiger partial charge in [0.2, 0.25) is 35.4 Å². The molecule has 1 saturated heterocycles. The quantitative estimate of drug-likeness (QED) is 0.120. The molecule has 7 rings (SSSR count). The summed E-state index contributed by atoms with van der Waals surface area (Å²) in [6, 6.07) is 17.6. The molecule has 2 aliphatic heterocycles. The molecule has 14 nitrogen and oxygen atoms in total. The van der Waals surface area contributed by atoms with Crippen LogP contribution in [-0.2, 0) is 54.6 Å². The third-order valence-corrected chi connectivity index (χ3v) is 15.2. The zero-order chi connectivity index (χ0) is 50.7. The van der Waals surface area contributed by atoms with Gasteiger partial charge < -0.3 is 41.7 Å². The van der Waals surface area contributed by atoms with Crippen LogP contribution in [0.4, 0.5) is 0 Å². The number of benzene rings is 3. The van der Waals surface area contributed by atoms with E-state index in [1.165, 1.54) is 11.1 Å². The minimum Gasteiger partial charge on any atom is -0.347 e. The third kappa shape index (κ3) is 11.6. The number of carbonyl (C=O) groups excluding carboxylic acids is 6. The first kappa shape index (κ1) is 52.2. The minimum atomic E-state index is -0.936. The van der Waals surface area contributed by atoms with Crippen LogP contribution in [0.2, 0.25) is 0 Å². The largest absolute Gasteiger partial charge is 0.347 e. The lowest BCUT2D eigenvalue weighted by Gasteiger charge is -2.42. The van der Waals surface area contributed by atoms with Gasteiger partial charge in [-0.15, -0.1) is 0 Å². The Morgan fingerprint density at radius 1 is 0.643 bits per heavy atom. The highest BCUT2D eigenvalue weighted by Gasteiger charge is 2.47. The number of nitrogens with one attached hydrogen (secondary N) is 6. The molecule has 3 aromatic carbocycles. The predicted molar refractivity (Wildman–Crippen MR) is 272 cm³/mol. The maximum atomic E-state index is 15.2. The van der Waals surface area contributed by atoms with E-state index in [2.05, 4.69) is 62.2 Å². The summed E-state index contributed by atoms with van der Waals surface area (Å²) >= 11 is 0.